The van der Waals surface area contributed by atoms with Crippen molar-refractivity contribution < 1.29 is 5.11 Å². The smallest absolute Gasteiger partial charge is 0.111 e. The molecule has 5 nitrogen and oxygen atoms in total. The summed E-state index contributed by atoms with van der Waals surface area (Å²) in [6.45, 7) is 3.92. The fraction of sp³-hybridized carbons (Fsp3) is 0.750. The summed E-state index contributed by atoms with van der Waals surface area (Å²) >= 11 is 0. The Morgan fingerprint density at radius 1 is 1.69 bits per heavy atom. The van der Waals surface area contributed by atoms with Crippen LogP contribution >= 0.6 is 0 Å². The molecule has 0 aliphatic carbocycles. The molecular weight excluding hydrogens is 168 g/mol. The Hall–Kier alpha value is -0.940. The van der Waals surface area contributed by atoms with Gasteiger partial charge in [0.1, 0.15) is 5.69 Å². The minimum atomic E-state index is -0.0218. The third-order valence-electron chi connectivity index (χ3n) is 2.55. The van der Waals surface area contributed by atoms with Crippen LogP contribution in [-0.2, 0) is 6.61 Å². The third kappa shape index (κ3) is 1.45. The summed E-state index contributed by atoms with van der Waals surface area (Å²) in [7, 11) is 0. The normalized spacial score (nSPS) is 22.5. The maximum atomic E-state index is 8.94. The lowest BCUT2D eigenvalue weighted by molar-refractivity contribution is 0.275. The van der Waals surface area contributed by atoms with E-state index in [1.54, 1.807) is 0 Å². The van der Waals surface area contributed by atoms with Crippen molar-refractivity contribution in [1.29, 1.82) is 0 Å². The highest BCUT2D eigenvalue weighted by Gasteiger charge is 2.20. The molecule has 2 N–H and O–H groups in total. The molecule has 1 aliphatic heterocycles. The molecule has 1 fully saturated rings. The molecule has 1 saturated heterocycles. The molecular formula is C8H14N4O. The summed E-state index contributed by atoms with van der Waals surface area (Å²) in [5.41, 5.74) is 1.67. The molecule has 1 atom stereocenters. The monoisotopic (exact) mass is 182 g/mol. The quantitative estimate of drug-likeness (QED) is 0.654. The Morgan fingerprint density at radius 2 is 2.54 bits per heavy atom. The van der Waals surface area contributed by atoms with Gasteiger partial charge >= 0.3 is 0 Å². The molecule has 1 aliphatic rings. The molecule has 0 saturated carbocycles. The Morgan fingerprint density at radius 3 is 3.08 bits per heavy atom. The van der Waals surface area contributed by atoms with Crippen molar-refractivity contribution in [3.8, 4) is 0 Å². The van der Waals surface area contributed by atoms with E-state index >= 15 is 0 Å². The van der Waals surface area contributed by atoms with E-state index in [-0.39, 0.29) is 6.61 Å². The van der Waals surface area contributed by atoms with Gasteiger partial charge in [-0.1, -0.05) is 5.21 Å². The standard InChI is InChI=1S/C8H14N4O/c1-6-8(5-13)10-11-12(6)7-2-3-9-4-7/h7,9,13H,2-5H2,1H3. The Balaban J connectivity index is 2.24. The fourth-order valence-electron chi connectivity index (χ4n) is 1.71. The van der Waals surface area contributed by atoms with Crippen LogP contribution in [0.4, 0.5) is 0 Å². The van der Waals surface area contributed by atoms with Crippen LogP contribution in [0.25, 0.3) is 0 Å². The Kier molecular flexibility index (Phi) is 2.28. The summed E-state index contributed by atoms with van der Waals surface area (Å²) in [6.07, 6.45) is 1.09. The molecule has 1 unspecified atom stereocenters. The van der Waals surface area contributed by atoms with Gasteiger partial charge in [-0.05, 0) is 19.9 Å². The van der Waals surface area contributed by atoms with Gasteiger partial charge < -0.3 is 10.4 Å². The predicted molar refractivity (Wildman–Crippen MR) is 47.2 cm³/mol. The summed E-state index contributed by atoms with van der Waals surface area (Å²) in [6, 6.07) is 0.410. The molecule has 2 rings (SSSR count). The molecule has 72 valence electrons. The van der Waals surface area contributed by atoms with Crippen LogP contribution in [0.15, 0.2) is 0 Å². The molecule has 2 heterocycles. The number of nitrogens with zero attached hydrogens (tertiary/aromatic N) is 3. The van der Waals surface area contributed by atoms with E-state index in [4.69, 9.17) is 5.11 Å². The van der Waals surface area contributed by atoms with Crippen molar-refractivity contribution in [2.24, 2.45) is 0 Å². The molecule has 0 amide bonds. The summed E-state index contributed by atoms with van der Waals surface area (Å²) in [4.78, 5) is 0. The van der Waals surface area contributed by atoms with Crippen LogP contribution in [0.2, 0.25) is 0 Å². The Labute approximate surface area is 76.8 Å². The second-order valence-electron chi connectivity index (χ2n) is 3.37. The van der Waals surface area contributed by atoms with Gasteiger partial charge in [0.05, 0.1) is 18.3 Å². The molecule has 5 heteroatoms. The van der Waals surface area contributed by atoms with Crippen LogP contribution in [0.1, 0.15) is 23.9 Å². The zero-order valence-electron chi connectivity index (χ0n) is 7.69. The highest BCUT2D eigenvalue weighted by atomic mass is 16.3. The maximum absolute atomic E-state index is 8.94. The molecule has 0 radical (unpaired) electrons. The number of aliphatic hydroxyl groups is 1. The third-order valence-corrected chi connectivity index (χ3v) is 2.55. The van der Waals surface area contributed by atoms with Crippen molar-refractivity contribution in [1.82, 2.24) is 20.3 Å². The fourth-order valence-corrected chi connectivity index (χ4v) is 1.71. The number of aromatic nitrogens is 3. The zero-order chi connectivity index (χ0) is 9.26. The molecule has 0 aromatic carbocycles. The topological polar surface area (TPSA) is 63.0 Å². The lowest BCUT2D eigenvalue weighted by Gasteiger charge is -2.09. The summed E-state index contributed by atoms with van der Waals surface area (Å²) in [5.74, 6) is 0. The summed E-state index contributed by atoms with van der Waals surface area (Å²) in [5, 5.41) is 20.2. The second-order valence-corrected chi connectivity index (χ2v) is 3.37. The lowest BCUT2D eigenvalue weighted by atomic mass is 10.2. The number of nitrogens with one attached hydrogen (secondary N) is 1. The molecule has 0 bridgehead atoms. The first-order valence-electron chi connectivity index (χ1n) is 4.55. The van der Waals surface area contributed by atoms with Crippen LogP contribution in [-0.4, -0.2) is 33.2 Å². The van der Waals surface area contributed by atoms with Gasteiger partial charge in [0.2, 0.25) is 0 Å². The van der Waals surface area contributed by atoms with E-state index in [1.165, 1.54) is 0 Å². The maximum Gasteiger partial charge on any atom is 0.111 e. The molecule has 1 aromatic heterocycles. The van der Waals surface area contributed by atoms with Crippen LogP contribution in [0.5, 0.6) is 0 Å². The van der Waals surface area contributed by atoms with Crippen LogP contribution in [0, 0.1) is 6.92 Å². The van der Waals surface area contributed by atoms with E-state index < -0.39 is 0 Å². The summed E-state index contributed by atoms with van der Waals surface area (Å²) < 4.78 is 1.91. The predicted octanol–water partition coefficient (Wildman–Crippen LogP) is -0.387. The van der Waals surface area contributed by atoms with Crippen LogP contribution in [0.3, 0.4) is 0 Å². The van der Waals surface area contributed by atoms with E-state index in [1.807, 2.05) is 11.6 Å². The van der Waals surface area contributed by atoms with E-state index in [9.17, 15) is 0 Å². The molecule has 0 spiro atoms. The Bertz CT molecular complexity index is 290. The minimum Gasteiger partial charge on any atom is -0.390 e. The zero-order valence-corrected chi connectivity index (χ0v) is 7.69. The van der Waals surface area contributed by atoms with Gasteiger partial charge in [0.25, 0.3) is 0 Å². The highest BCUT2D eigenvalue weighted by Crippen LogP contribution is 2.16. The highest BCUT2D eigenvalue weighted by molar-refractivity contribution is 5.07. The SMILES string of the molecule is Cc1c(CO)nnn1C1CCNC1. The van der Waals surface area contributed by atoms with Gasteiger partial charge in [-0.3, -0.25) is 0 Å². The largest absolute Gasteiger partial charge is 0.390 e. The number of hydrogen-bond donors (Lipinski definition) is 2. The van der Waals surface area contributed by atoms with Crippen molar-refractivity contribution in [3.63, 3.8) is 0 Å². The number of aliphatic hydroxyl groups excluding tert-OH is 1. The van der Waals surface area contributed by atoms with Crippen molar-refractivity contribution in [2.75, 3.05) is 13.1 Å². The second kappa shape index (κ2) is 3.43. The van der Waals surface area contributed by atoms with Crippen molar-refractivity contribution in [3.05, 3.63) is 11.4 Å². The minimum absolute atomic E-state index is 0.0218. The van der Waals surface area contributed by atoms with Crippen LogP contribution < -0.4 is 5.32 Å². The molecule has 13 heavy (non-hydrogen) atoms. The number of hydrogen-bond acceptors (Lipinski definition) is 4. The average Bonchev–Trinajstić information content (AvgIpc) is 2.72. The van der Waals surface area contributed by atoms with Gasteiger partial charge in [0.15, 0.2) is 0 Å². The van der Waals surface area contributed by atoms with Gasteiger partial charge in [-0.2, -0.15) is 0 Å². The number of rotatable bonds is 2. The first-order valence-corrected chi connectivity index (χ1v) is 4.55. The lowest BCUT2D eigenvalue weighted by Crippen LogP contribution is -2.15. The van der Waals surface area contributed by atoms with Crippen molar-refractivity contribution in [2.45, 2.75) is 26.0 Å². The van der Waals surface area contributed by atoms with E-state index in [2.05, 4.69) is 15.6 Å². The van der Waals surface area contributed by atoms with E-state index in [0.29, 0.717) is 11.7 Å². The first kappa shape index (κ1) is 8.65. The van der Waals surface area contributed by atoms with Crippen molar-refractivity contribution >= 4 is 0 Å². The van der Waals surface area contributed by atoms with Gasteiger partial charge in [-0.25, -0.2) is 4.68 Å². The van der Waals surface area contributed by atoms with Gasteiger partial charge in [-0.15, -0.1) is 5.10 Å². The molecule has 1 aromatic rings. The van der Waals surface area contributed by atoms with E-state index in [0.717, 1.165) is 25.2 Å². The van der Waals surface area contributed by atoms with Gasteiger partial charge in [0, 0.05) is 6.54 Å². The average molecular weight is 182 g/mol. The first-order chi connectivity index (χ1) is 6.33.